The van der Waals surface area contributed by atoms with Gasteiger partial charge in [0.05, 0.1) is 0 Å². The lowest BCUT2D eigenvalue weighted by molar-refractivity contribution is -0.167. The van der Waals surface area contributed by atoms with Gasteiger partial charge in [0.25, 0.3) is 0 Å². The summed E-state index contributed by atoms with van der Waals surface area (Å²) in [5.41, 5.74) is 0. The first-order valence-corrected chi connectivity index (χ1v) is 30.1. The molecule has 0 rings (SSSR count). The molecular formula is C65H112O6. The zero-order valence-corrected chi connectivity index (χ0v) is 46.7. The van der Waals surface area contributed by atoms with Crippen molar-refractivity contribution < 1.29 is 28.6 Å². The van der Waals surface area contributed by atoms with E-state index in [2.05, 4.69) is 106 Å². The molecular weight excluding hydrogens is 877 g/mol. The average Bonchev–Trinajstić information content (AvgIpc) is 3.37. The van der Waals surface area contributed by atoms with Crippen LogP contribution < -0.4 is 0 Å². The van der Waals surface area contributed by atoms with Crippen molar-refractivity contribution >= 4 is 17.9 Å². The van der Waals surface area contributed by atoms with Crippen LogP contribution in [0.25, 0.3) is 0 Å². The SMILES string of the molecule is CC/C=C\C/C=C\C/C=C\C/C=C\C/C=C\CCCC(=O)OC[C@H](COC(=O)CCCCCCCCCCCCC/C=C\CCCCCCCC)OC(=O)CCCCCCCCC/C=C\CCCCCC. The quantitative estimate of drug-likeness (QED) is 0.0261. The predicted octanol–water partition coefficient (Wildman–Crippen LogP) is 20.3. The van der Waals surface area contributed by atoms with Crippen LogP contribution in [-0.2, 0) is 28.6 Å². The van der Waals surface area contributed by atoms with Crippen molar-refractivity contribution in [1.82, 2.24) is 0 Å². The van der Waals surface area contributed by atoms with Gasteiger partial charge in [0.2, 0.25) is 0 Å². The van der Waals surface area contributed by atoms with Crippen molar-refractivity contribution in [2.75, 3.05) is 13.2 Å². The second-order valence-corrected chi connectivity index (χ2v) is 19.9. The van der Waals surface area contributed by atoms with E-state index in [1.165, 1.54) is 167 Å². The monoisotopic (exact) mass is 989 g/mol. The number of rotatable bonds is 54. The molecule has 6 nitrogen and oxygen atoms in total. The smallest absolute Gasteiger partial charge is 0.306 e. The summed E-state index contributed by atoms with van der Waals surface area (Å²) < 4.78 is 16.8. The molecule has 0 N–H and O–H groups in total. The summed E-state index contributed by atoms with van der Waals surface area (Å²) in [6.45, 7) is 6.48. The van der Waals surface area contributed by atoms with Gasteiger partial charge in [-0.3, -0.25) is 14.4 Å². The Bertz CT molecular complexity index is 1370. The van der Waals surface area contributed by atoms with Crippen molar-refractivity contribution in [2.24, 2.45) is 0 Å². The number of hydrogen-bond acceptors (Lipinski definition) is 6. The summed E-state index contributed by atoms with van der Waals surface area (Å²) in [5.74, 6) is -0.953. The molecule has 0 heterocycles. The summed E-state index contributed by atoms with van der Waals surface area (Å²) >= 11 is 0. The fraction of sp³-hybridized carbons (Fsp3) is 0.738. The van der Waals surface area contributed by atoms with Crippen LogP contribution in [0.3, 0.4) is 0 Å². The zero-order valence-electron chi connectivity index (χ0n) is 46.7. The van der Waals surface area contributed by atoms with Gasteiger partial charge in [-0.1, -0.05) is 247 Å². The van der Waals surface area contributed by atoms with Crippen LogP contribution in [0.5, 0.6) is 0 Å². The number of hydrogen-bond donors (Lipinski definition) is 0. The normalized spacial score (nSPS) is 12.7. The van der Waals surface area contributed by atoms with Gasteiger partial charge in [0.15, 0.2) is 6.10 Å². The number of carbonyl (C=O) groups excluding carboxylic acids is 3. The Labute approximate surface area is 439 Å². The van der Waals surface area contributed by atoms with Crippen molar-refractivity contribution in [1.29, 1.82) is 0 Å². The van der Waals surface area contributed by atoms with E-state index < -0.39 is 6.10 Å². The van der Waals surface area contributed by atoms with Crippen LogP contribution in [-0.4, -0.2) is 37.2 Å². The van der Waals surface area contributed by atoms with Crippen LogP contribution in [0, 0.1) is 0 Å². The van der Waals surface area contributed by atoms with E-state index in [0.717, 1.165) is 77.0 Å². The Hall–Kier alpha value is -3.41. The van der Waals surface area contributed by atoms with E-state index in [1.54, 1.807) is 0 Å². The van der Waals surface area contributed by atoms with Gasteiger partial charge in [-0.2, -0.15) is 0 Å². The molecule has 0 aliphatic carbocycles. The van der Waals surface area contributed by atoms with E-state index in [1.807, 2.05) is 0 Å². The van der Waals surface area contributed by atoms with Crippen molar-refractivity contribution in [3.8, 4) is 0 Å². The van der Waals surface area contributed by atoms with Gasteiger partial charge in [0.1, 0.15) is 13.2 Å². The molecule has 0 saturated heterocycles. The summed E-state index contributed by atoms with van der Waals surface area (Å²) in [4.78, 5) is 38.2. The first-order chi connectivity index (χ1) is 35.0. The van der Waals surface area contributed by atoms with E-state index in [9.17, 15) is 14.4 Å². The molecule has 0 aliphatic heterocycles. The van der Waals surface area contributed by atoms with E-state index in [4.69, 9.17) is 14.2 Å². The standard InChI is InChI=1S/C65H112O6/c1-4-7-10-13-16-19-22-25-28-30-31-32-33-35-38-40-43-46-49-52-55-58-64(67)70-61-62(71-65(68)59-56-53-50-47-44-41-36-27-24-21-18-15-12-9-6-3)60-69-63(66)57-54-51-48-45-42-39-37-34-29-26-23-20-17-14-11-8-5-2/h8,11,17,20-21,24-26,28-29,37,39,45,48,62H,4-7,9-10,12-16,18-19,22-23,27,30-36,38,40-44,46-47,49-61H2,1-3H3/b11-8-,20-17-,24-21-,28-25-,29-26-,39-37-,48-45-/t62-/m1/s1. The fourth-order valence-corrected chi connectivity index (χ4v) is 8.35. The van der Waals surface area contributed by atoms with Gasteiger partial charge >= 0.3 is 17.9 Å². The lowest BCUT2D eigenvalue weighted by Crippen LogP contribution is -2.30. The number of unbranched alkanes of at least 4 members (excludes halogenated alkanes) is 29. The Morgan fingerprint density at radius 3 is 0.944 bits per heavy atom. The van der Waals surface area contributed by atoms with Crippen LogP contribution >= 0.6 is 0 Å². The Kier molecular flexibility index (Phi) is 56.3. The average molecular weight is 990 g/mol. The molecule has 0 radical (unpaired) electrons. The van der Waals surface area contributed by atoms with Crippen molar-refractivity contribution in [3.05, 3.63) is 85.1 Å². The highest BCUT2D eigenvalue weighted by Crippen LogP contribution is 2.15. The predicted molar refractivity (Wildman–Crippen MR) is 307 cm³/mol. The highest BCUT2D eigenvalue weighted by Gasteiger charge is 2.19. The molecule has 0 fully saturated rings. The number of allylic oxidation sites excluding steroid dienone is 14. The topological polar surface area (TPSA) is 78.9 Å². The van der Waals surface area contributed by atoms with Gasteiger partial charge in [-0.15, -0.1) is 0 Å². The van der Waals surface area contributed by atoms with Crippen LogP contribution in [0.1, 0.15) is 290 Å². The lowest BCUT2D eigenvalue weighted by atomic mass is 10.0. The Morgan fingerprint density at radius 2 is 0.563 bits per heavy atom. The minimum atomic E-state index is -0.802. The van der Waals surface area contributed by atoms with Gasteiger partial charge in [0, 0.05) is 19.3 Å². The maximum absolute atomic E-state index is 12.9. The molecule has 1 atom stereocenters. The molecule has 0 aliphatic rings. The van der Waals surface area contributed by atoms with Crippen molar-refractivity contribution in [3.63, 3.8) is 0 Å². The molecule has 0 aromatic heterocycles. The first kappa shape index (κ1) is 67.6. The lowest BCUT2D eigenvalue weighted by Gasteiger charge is -2.18. The summed E-state index contributed by atoms with van der Waals surface area (Å²) in [6.07, 6.45) is 77.3. The molecule has 0 bridgehead atoms. The summed E-state index contributed by atoms with van der Waals surface area (Å²) in [6, 6.07) is 0. The van der Waals surface area contributed by atoms with Gasteiger partial charge in [-0.25, -0.2) is 0 Å². The third-order valence-electron chi connectivity index (χ3n) is 12.9. The van der Waals surface area contributed by atoms with Gasteiger partial charge < -0.3 is 14.2 Å². The molecule has 408 valence electrons. The largest absolute Gasteiger partial charge is 0.462 e. The third-order valence-corrected chi connectivity index (χ3v) is 12.9. The van der Waals surface area contributed by atoms with Crippen LogP contribution in [0.15, 0.2) is 85.1 Å². The molecule has 0 aromatic rings. The van der Waals surface area contributed by atoms with Crippen molar-refractivity contribution in [2.45, 2.75) is 297 Å². The van der Waals surface area contributed by atoms with Crippen LogP contribution in [0.4, 0.5) is 0 Å². The second kappa shape index (κ2) is 59.2. The maximum Gasteiger partial charge on any atom is 0.306 e. The van der Waals surface area contributed by atoms with E-state index in [-0.39, 0.29) is 37.5 Å². The molecule has 0 saturated carbocycles. The number of ether oxygens (including phenoxy) is 3. The zero-order chi connectivity index (χ0) is 51.4. The second-order valence-electron chi connectivity index (χ2n) is 19.9. The molecule has 0 aromatic carbocycles. The number of esters is 3. The molecule has 71 heavy (non-hydrogen) atoms. The number of carbonyl (C=O) groups is 3. The van der Waals surface area contributed by atoms with Gasteiger partial charge in [-0.05, 0) is 109 Å². The minimum absolute atomic E-state index is 0.0953. The summed E-state index contributed by atoms with van der Waals surface area (Å²) in [5, 5.41) is 0. The van der Waals surface area contributed by atoms with E-state index in [0.29, 0.717) is 19.3 Å². The first-order valence-electron chi connectivity index (χ1n) is 30.1. The molecule has 0 spiro atoms. The Balaban J connectivity index is 4.42. The fourth-order valence-electron chi connectivity index (χ4n) is 8.35. The Morgan fingerprint density at radius 1 is 0.296 bits per heavy atom. The maximum atomic E-state index is 12.9. The van der Waals surface area contributed by atoms with Crippen LogP contribution in [0.2, 0.25) is 0 Å². The molecule has 0 unspecified atom stereocenters. The summed E-state index contributed by atoms with van der Waals surface area (Å²) in [7, 11) is 0. The highest BCUT2D eigenvalue weighted by atomic mass is 16.6. The molecule has 6 heteroatoms. The van der Waals surface area contributed by atoms with E-state index >= 15 is 0 Å². The highest BCUT2D eigenvalue weighted by molar-refractivity contribution is 5.71. The molecule has 0 amide bonds. The third kappa shape index (κ3) is 57.4. The minimum Gasteiger partial charge on any atom is -0.462 e.